The summed E-state index contributed by atoms with van der Waals surface area (Å²) in [7, 11) is 0. The van der Waals surface area contributed by atoms with Crippen LogP contribution in [-0.2, 0) is 12.7 Å². The van der Waals surface area contributed by atoms with Gasteiger partial charge in [-0.3, -0.25) is 9.91 Å². The van der Waals surface area contributed by atoms with Gasteiger partial charge in [0.1, 0.15) is 0 Å². The van der Waals surface area contributed by atoms with Crippen molar-refractivity contribution >= 4 is 6.21 Å². The summed E-state index contributed by atoms with van der Waals surface area (Å²) >= 11 is 0. The predicted octanol–water partition coefficient (Wildman–Crippen LogP) is 0.861. The molecule has 7 heteroatoms. The number of halogens is 4. The zero-order valence-corrected chi connectivity index (χ0v) is 14.9. The zero-order valence-electron chi connectivity index (χ0n) is 14.2. The van der Waals surface area contributed by atoms with Gasteiger partial charge < -0.3 is 12.4 Å². The first-order chi connectivity index (χ1) is 12.0. The minimum atomic E-state index is -4.36. The summed E-state index contributed by atoms with van der Waals surface area (Å²) in [6.07, 6.45) is -3.05. The lowest BCUT2D eigenvalue weighted by molar-refractivity contribution is -0.137. The number of alkyl halides is 3. The van der Waals surface area contributed by atoms with E-state index in [1.165, 1.54) is 23.9 Å². The van der Waals surface area contributed by atoms with E-state index in [1.54, 1.807) is 6.07 Å². The maximum Gasteiger partial charge on any atom is 0.417 e. The van der Waals surface area contributed by atoms with Gasteiger partial charge in [0.25, 0.3) is 0 Å². The molecule has 3 rings (SSSR count). The van der Waals surface area contributed by atoms with Crippen LogP contribution in [-0.4, -0.2) is 42.3 Å². The first kappa shape index (κ1) is 20.3. The van der Waals surface area contributed by atoms with E-state index in [0.29, 0.717) is 13.1 Å². The topological polar surface area (TPSA) is 18.8 Å². The van der Waals surface area contributed by atoms with Gasteiger partial charge in [-0.2, -0.15) is 18.3 Å². The molecule has 0 aromatic heterocycles. The van der Waals surface area contributed by atoms with Crippen molar-refractivity contribution in [2.24, 2.45) is 5.10 Å². The summed E-state index contributed by atoms with van der Waals surface area (Å²) in [5, 5.41) is 6.08. The maximum atomic E-state index is 13.0. The van der Waals surface area contributed by atoms with Crippen LogP contribution in [0.3, 0.4) is 0 Å². The Balaban J connectivity index is 0.00000243. The second kappa shape index (κ2) is 9.05. The third-order valence-corrected chi connectivity index (χ3v) is 4.22. The zero-order chi connectivity index (χ0) is 17.7. The van der Waals surface area contributed by atoms with E-state index in [2.05, 4.69) is 22.1 Å². The molecule has 1 aliphatic heterocycles. The average molecular weight is 383 g/mol. The Morgan fingerprint density at radius 2 is 1.50 bits per heavy atom. The van der Waals surface area contributed by atoms with E-state index >= 15 is 0 Å². The van der Waals surface area contributed by atoms with E-state index < -0.39 is 11.7 Å². The number of piperazine rings is 1. The molecule has 0 atom stereocenters. The van der Waals surface area contributed by atoms with Gasteiger partial charge >= 0.3 is 6.18 Å². The first-order valence-corrected chi connectivity index (χ1v) is 8.24. The fraction of sp³-hybridized carbons (Fsp3) is 0.316. The highest BCUT2D eigenvalue weighted by atomic mass is 35.5. The van der Waals surface area contributed by atoms with Gasteiger partial charge in [0.05, 0.1) is 11.8 Å². The van der Waals surface area contributed by atoms with Crippen molar-refractivity contribution < 1.29 is 25.6 Å². The Labute approximate surface area is 157 Å². The van der Waals surface area contributed by atoms with Crippen molar-refractivity contribution in [1.82, 2.24) is 9.91 Å². The molecule has 1 fully saturated rings. The van der Waals surface area contributed by atoms with Crippen LogP contribution in [0.25, 0.3) is 0 Å². The molecule has 1 saturated heterocycles. The number of benzene rings is 2. The lowest BCUT2D eigenvalue weighted by Gasteiger charge is -2.33. The largest absolute Gasteiger partial charge is 1.00 e. The SMILES string of the molecule is FC(F)(F)c1ccccc1C=NN1CCN(Cc2ccccc2)CC1.[Cl-]. The lowest BCUT2D eigenvalue weighted by Crippen LogP contribution is -3.00. The number of nitrogens with zero attached hydrogens (tertiary/aromatic N) is 3. The molecule has 0 saturated carbocycles. The standard InChI is InChI=1S/C19H20F3N3.ClH/c20-19(21,22)18-9-5-4-8-17(18)14-23-25-12-10-24(11-13-25)15-16-6-2-1-3-7-16;/h1-9,14H,10-13,15H2;1H/p-1. The molecule has 3 nitrogen and oxygen atoms in total. The third kappa shape index (κ3) is 5.47. The number of hydrazone groups is 1. The molecular formula is C19H20ClF3N3-. The molecular weight excluding hydrogens is 363 g/mol. The highest BCUT2D eigenvalue weighted by Gasteiger charge is 2.32. The van der Waals surface area contributed by atoms with Crippen LogP contribution in [0.5, 0.6) is 0 Å². The normalized spacial score (nSPS) is 15.9. The van der Waals surface area contributed by atoms with Gasteiger partial charge in [0.2, 0.25) is 0 Å². The van der Waals surface area contributed by atoms with Gasteiger partial charge in [-0.25, -0.2) is 0 Å². The van der Waals surface area contributed by atoms with Crippen molar-refractivity contribution in [3.05, 3.63) is 71.3 Å². The second-order valence-corrected chi connectivity index (χ2v) is 6.04. The van der Waals surface area contributed by atoms with Gasteiger partial charge in [-0.15, -0.1) is 0 Å². The number of rotatable bonds is 4. The van der Waals surface area contributed by atoms with Crippen LogP contribution < -0.4 is 12.4 Å². The number of hydrogen-bond donors (Lipinski definition) is 0. The fourth-order valence-corrected chi connectivity index (χ4v) is 2.86. The highest BCUT2D eigenvalue weighted by Crippen LogP contribution is 2.31. The van der Waals surface area contributed by atoms with Gasteiger partial charge in [-0.1, -0.05) is 48.5 Å². The molecule has 140 valence electrons. The smallest absolute Gasteiger partial charge is 0.417 e. The van der Waals surface area contributed by atoms with Crippen molar-refractivity contribution in [2.45, 2.75) is 12.7 Å². The highest BCUT2D eigenvalue weighted by molar-refractivity contribution is 5.81. The van der Waals surface area contributed by atoms with E-state index in [1.807, 2.05) is 23.2 Å². The Bertz CT molecular complexity index is 711. The molecule has 0 bridgehead atoms. The molecule has 2 aromatic rings. The second-order valence-electron chi connectivity index (χ2n) is 6.04. The molecule has 2 aromatic carbocycles. The van der Waals surface area contributed by atoms with Crippen molar-refractivity contribution in [3.63, 3.8) is 0 Å². The summed E-state index contributed by atoms with van der Waals surface area (Å²) in [4.78, 5) is 2.32. The summed E-state index contributed by atoms with van der Waals surface area (Å²) in [6.45, 7) is 3.98. The van der Waals surface area contributed by atoms with E-state index in [4.69, 9.17) is 0 Å². The Morgan fingerprint density at radius 3 is 2.15 bits per heavy atom. The van der Waals surface area contributed by atoms with Crippen molar-refractivity contribution in [3.8, 4) is 0 Å². The van der Waals surface area contributed by atoms with Gasteiger partial charge in [-0.05, 0) is 11.6 Å². The third-order valence-electron chi connectivity index (χ3n) is 4.22. The molecule has 0 aliphatic carbocycles. The van der Waals surface area contributed by atoms with Crippen LogP contribution in [0.1, 0.15) is 16.7 Å². The van der Waals surface area contributed by atoms with Crippen LogP contribution in [0.2, 0.25) is 0 Å². The maximum absolute atomic E-state index is 13.0. The van der Waals surface area contributed by atoms with Gasteiger partial charge in [0.15, 0.2) is 0 Å². The van der Waals surface area contributed by atoms with E-state index in [0.717, 1.165) is 25.7 Å². The Hall–Kier alpha value is -2.05. The molecule has 1 aliphatic rings. The Morgan fingerprint density at radius 1 is 0.885 bits per heavy atom. The Kier molecular flexibility index (Phi) is 7.06. The lowest BCUT2D eigenvalue weighted by atomic mass is 10.1. The summed E-state index contributed by atoms with van der Waals surface area (Å²) in [6, 6.07) is 15.7. The summed E-state index contributed by atoms with van der Waals surface area (Å²) in [5.41, 5.74) is 0.710. The van der Waals surface area contributed by atoms with Crippen LogP contribution in [0.15, 0.2) is 59.7 Å². The van der Waals surface area contributed by atoms with Crippen LogP contribution in [0, 0.1) is 0 Å². The summed E-state index contributed by atoms with van der Waals surface area (Å²) in [5.74, 6) is 0. The summed E-state index contributed by atoms with van der Waals surface area (Å²) < 4.78 is 39.0. The monoisotopic (exact) mass is 382 g/mol. The first-order valence-electron chi connectivity index (χ1n) is 8.24. The minimum Gasteiger partial charge on any atom is -1.00 e. The average Bonchev–Trinajstić information content (AvgIpc) is 2.61. The van der Waals surface area contributed by atoms with Crippen molar-refractivity contribution in [1.29, 1.82) is 0 Å². The van der Waals surface area contributed by atoms with Crippen molar-refractivity contribution in [2.75, 3.05) is 26.2 Å². The van der Waals surface area contributed by atoms with Gasteiger partial charge in [0, 0.05) is 38.3 Å². The molecule has 26 heavy (non-hydrogen) atoms. The van der Waals surface area contributed by atoms with Crippen LogP contribution >= 0.6 is 0 Å². The quantitative estimate of drug-likeness (QED) is 0.731. The van der Waals surface area contributed by atoms with Crippen LogP contribution in [0.4, 0.5) is 13.2 Å². The molecule has 0 amide bonds. The molecule has 1 heterocycles. The molecule has 0 unspecified atom stereocenters. The predicted molar refractivity (Wildman–Crippen MR) is 92.3 cm³/mol. The molecule has 0 N–H and O–H groups in total. The molecule has 0 spiro atoms. The fourth-order valence-electron chi connectivity index (χ4n) is 2.86. The number of hydrogen-bond acceptors (Lipinski definition) is 3. The van der Waals surface area contributed by atoms with E-state index in [9.17, 15) is 13.2 Å². The van der Waals surface area contributed by atoms with E-state index in [-0.39, 0.29) is 18.0 Å². The molecule has 0 radical (unpaired) electrons. The minimum absolute atomic E-state index is 0.